The monoisotopic (exact) mass is 645 g/mol. The molecule has 3 aliphatic heterocycles. The average molecular weight is 646 g/mol. The maximum atomic E-state index is 13.9. The Labute approximate surface area is 279 Å². The van der Waals surface area contributed by atoms with Crippen LogP contribution in [-0.4, -0.2) is 98.4 Å². The maximum absolute atomic E-state index is 13.9. The second-order valence-electron chi connectivity index (χ2n) is 12.9. The number of nitrogens with one attached hydrogen (secondary N) is 1. The van der Waals surface area contributed by atoms with Crippen LogP contribution in [0.25, 0.3) is 17.0 Å². The van der Waals surface area contributed by atoms with E-state index in [1.807, 2.05) is 43.1 Å². The number of carbonyl (C=O) groups excluding carboxylic acids is 2. The molecule has 12 heteroatoms. The summed E-state index contributed by atoms with van der Waals surface area (Å²) in [6.45, 7) is 5.30. The largest absolute Gasteiger partial charge is 0.481 e. The maximum Gasteiger partial charge on any atom is 0.237 e. The lowest BCUT2D eigenvalue weighted by Crippen LogP contribution is -2.43. The predicted molar refractivity (Wildman–Crippen MR) is 182 cm³/mol. The van der Waals surface area contributed by atoms with Crippen LogP contribution in [0.3, 0.4) is 0 Å². The third-order valence-electron chi connectivity index (χ3n) is 9.81. The number of likely N-dealkylation sites (tertiary alicyclic amines) is 1. The summed E-state index contributed by atoms with van der Waals surface area (Å²) < 4.78 is 6.84. The Bertz CT molecular complexity index is 1900. The van der Waals surface area contributed by atoms with Gasteiger partial charge in [0.05, 0.1) is 30.5 Å². The summed E-state index contributed by atoms with van der Waals surface area (Å²) in [6, 6.07) is 15.5. The summed E-state index contributed by atoms with van der Waals surface area (Å²) in [7, 11) is 3.40. The molecule has 12 nitrogen and oxygen atoms in total. The van der Waals surface area contributed by atoms with Gasteiger partial charge in [0.25, 0.3) is 0 Å². The minimum atomic E-state index is -0.521. The van der Waals surface area contributed by atoms with Gasteiger partial charge in [-0.15, -0.1) is 0 Å². The van der Waals surface area contributed by atoms with Crippen LogP contribution in [0.2, 0.25) is 0 Å². The van der Waals surface area contributed by atoms with Gasteiger partial charge in [0.15, 0.2) is 5.82 Å². The van der Waals surface area contributed by atoms with E-state index >= 15 is 0 Å². The zero-order valence-corrected chi connectivity index (χ0v) is 27.5. The second-order valence-corrected chi connectivity index (χ2v) is 12.9. The molecule has 2 saturated heterocycles. The van der Waals surface area contributed by atoms with Gasteiger partial charge >= 0.3 is 0 Å². The summed E-state index contributed by atoms with van der Waals surface area (Å²) in [5.74, 6) is 1.88. The molecule has 2 fully saturated rings. The van der Waals surface area contributed by atoms with Gasteiger partial charge in [-0.25, -0.2) is 15.0 Å². The van der Waals surface area contributed by atoms with Crippen LogP contribution in [0.5, 0.6) is 5.88 Å². The van der Waals surface area contributed by atoms with Crippen LogP contribution in [0.4, 0.5) is 5.82 Å². The summed E-state index contributed by atoms with van der Waals surface area (Å²) >= 11 is 0. The number of pyridine rings is 2. The predicted octanol–water partition coefficient (Wildman–Crippen LogP) is 3.75. The fourth-order valence-electron chi connectivity index (χ4n) is 6.97. The van der Waals surface area contributed by atoms with Crippen LogP contribution < -0.4 is 9.64 Å². The zero-order chi connectivity index (χ0) is 33.4. The number of amides is 2. The molecule has 1 aromatic carbocycles. The highest BCUT2D eigenvalue weighted by Crippen LogP contribution is 2.42. The quantitative estimate of drug-likeness (QED) is 0.287. The molecule has 3 aliphatic rings. The first kappa shape index (κ1) is 31.4. The number of hydrogen-bond donors (Lipinski definition) is 1. The Morgan fingerprint density at radius 1 is 1.00 bits per heavy atom. The second kappa shape index (κ2) is 12.8. The van der Waals surface area contributed by atoms with E-state index in [9.17, 15) is 9.59 Å². The number of aryl methyl sites for hydroxylation is 2. The third-order valence-corrected chi connectivity index (χ3v) is 9.81. The fourth-order valence-corrected chi connectivity index (χ4v) is 6.97. The van der Waals surface area contributed by atoms with Crippen molar-refractivity contribution in [1.82, 2.24) is 34.5 Å². The van der Waals surface area contributed by atoms with Gasteiger partial charge in [0, 0.05) is 56.6 Å². The highest BCUT2D eigenvalue weighted by Gasteiger charge is 2.51. The molecule has 0 aliphatic carbocycles. The summed E-state index contributed by atoms with van der Waals surface area (Å²) in [5.41, 5.74) is 5.07. The van der Waals surface area contributed by atoms with Gasteiger partial charge in [-0.3, -0.25) is 29.5 Å². The summed E-state index contributed by atoms with van der Waals surface area (Å²) in [4.78, 5) is 46.4. The van der Waals surface area contributed by atoms with Crippen LogP contribution >= 0.6 is 0 Å². The number of rotatable bonds is 8. The minimum absolute atomic E-state index is 0.0489. The zero-order valence-electron chi connectivity index (χ0n) is 27.5. The molecule has 2 amide bonds. The number of hydrogen-bond acceptors (Lipinski definition) is 9. The van der Waals surface area contributed by atoms with E-state index in [4.69, 9.17) is 15.1 Å². The lowest BCUT2D eigenvalue weighted by molar-refractivity contribution is -0.132. The van der Waals surface area contributed by atoms with E-state index in [0.29, 0.717) is 74.5 Å². The number of aromatic nitrogens is 5. The summed E-state index contributed by atoms with van der Waals surface area (Å²) in [5, 5.41) is 13.2. The van der Waals surface area contributed by atoms with E-state index in [1.165, 1.54) is 5.57 Å². The van der Waals surface area contributed by atoms with Gasteiger partial charge in [-0.05, 0) is 61.6 Å². The highest BCUT2D eigenvalue weighted by atomic mass is 16.5. The van der Waals surface area contributed by atoms with Crippen LogP contribution in [0.15, 0.2) is 67.1 Å². The lowest BCUT2D eigenvalue weighted by atomic mass is 9.85. The van der Waals surface area contributed by atoms with Crippen molar-refractivity contribution in [3.8, 4) is 17.3 Å². The minimum Gasteiger partial charge on any atom is -0.481 e. The van der Waals surface area contributed by atoms with E-state index in [0.717, 1.165) is 29.5 Å². The van der Waals surface area contributed by atoms with Crippen molar-refractivity contribution in [1.29, 1.82) is 5.41 Å². The first-order valence-corrected chi connectivity index (χ1v) is 16.3. The molecule has 1 N–H and O–H groups in total. The molecule has 6 heterocycles. The lowest BCUT2D eigenvalue weighted by Gasteiger charge is -2.29. The molecule has 0 unspecified atom stereocenters. The first-order valence-electron chi connectivity index (χ1n) is 16.3. The molecule has 0 bridgehead atoms. The van der Waals surface area contributed by atoms with Gasteiger partial charge in [0.1, 0.15) is 12.1 Å². The Balaban J connectivity index is 0.956. The standard InChI is InChI=1S/C36H39N9O3/c1-24-4-10-29(40-33(24)32(37)28-9-11-30(48-3)38-20-28)45-19-15-36(35(45)47)14-18-43(22-36)21-31(46)44-16-12-26(13-17-44)25-5-7-27(8-6-25)34-39-23-42(2)41-34/h4-12,20,23,37H,13-19,21-22H2,1-3H3/t36-/m0/s1. The molecule has 48 heavy (non-hydrogen) atoms. The van der Waals surface area contributed by atoms with Crippen molar-refractivity contribution < 1.29 is 14.3 Å². The highest BCUT2D eigenvalue weighted by molar-refractivity contribution is 6.10. The molecular formula is C36H39N9O3. The number of methoxy groups -OCH3 is 1. The molecule has 1 spiro atoms. The van der Waals surface area contributed by atoms with Gasteiger partial charge < -0.3 is 9.64 Å². The molecule has 7 rings (SSSR count). The molecule has 0 radical (unpaired) electrons. The normalized spacial score (nSPS) is 19.6. The van der Waals surface area contributed by atoms with E-state index in [2.05, 4.69) is 38.2 Å². The summed E-state index contributed by atoms with van der Waals surface area (Å²) in [6.07, 6.45) is 7.66. The van der Waals surface area contributed by atoms with E-state index in [-0.39, 0.29) is 17.5 Å². The first-order chi connectivity index (χ1) is 23.2. The average Bonchev–Trinajstić information content (AvgIpc) is 3.83. The SMILES string of the molecule is COc1ccc(C(=N)c2nc(N3CC[C@]4(CCN(CC(=O)N5CC=C(c6ccc(-c7ncn(C)n7)cc6)CC5)C4)C3=O)ccc2C)cn1. The molecule has 4 aromatic rings. The van der Waals surface area contributed by atoms with E-state index < -0.39 is 5.41 Å². The van der Waals surface area contributed by atoms with Crippen molar-refractivity contribution >= 4 is 28.9 Å². The Kier molecular flexibility index (Phi) is 8.34. The molecular weight excluding hydrogens is 606 g/mol. The Morgan fingerprint density at radius 2 is 1.79 bits per heavy atom. The van der Waals surface area contributed by atoms with Crippen molar-refractivity contribution in [3.05, 3.63) is 89.5 Å². The number of anilines is 1. The van der Waals surface area contributed by atoms with Gasteiger partial charge in [-0.2, -0.15) is 5.10 Å². The van der Waals surface area contributed by atoms with Gasteiger partial charge in [-0.1, -0.05) is 36.4 Å². The third kappa shape index (κ3) is 5.99. The van der Waals surface area contributed by atoms with Crippen LogP contribution in [0, 0.1) is 17.7 Å². The fraction of sp³-hybridized carbons (Fsp3) is 0.361. The topological polar surface area (TPSA) is 133 Å². The van der Waals surface area contributed by atoms with Crippen molar-refractivity contribution in [3.63, 3.8) is 0 Å². The molecule has 1 atom stereocenters. The number of nitrogens with zero attached hydrogens (tertiary/aromatic N) is 8. The van der Waals surface area contributed by atoms with Crippen molar-refractivity contribution in [2.24, 2.45) is 12.5 Å². The van der Waals surface area contributed by atoms with Crippen molar-refractivity contribution in [2.45, 2.75) is 26.2 Å². The Morgan fingerprint density at radius 3 is 2.48 bits per heavy atom. The van der Waals surface area contributed by atoms with Crippen molar-refractivity contribution in [2.75, 3.05) is 51.3 Å². The van der Waals surface area contributed by atoms with Crippen LogP contribution in [-0.2, 0) is 16.6 Å². The molecule has 0 saturated carbocycles. The number of carbonyl (C=O) groups is 2. The number of ether oxygens (including phenoxy) is 1. The van der Waals surface area contributed by atoms with Crippen LogP contribution in [0.1, 0.15) is 41.6 Å². The number of benzene rings is 1. The smallest absolute Gasteiger partial charge is 0.237 e. The molecule has 246 valence electrons. The molecule has 3 aromatic heterocycles. The Hall–Kier alpha value is -5.23. The van der Waals surface area contributed by atoms with Gasteiger partial charge in [0.2, 0.25) is 17.7 Å². The van der Waals surface area contributed by atoms with E-state index in [1.54, 1.807) is 41.3 Å².